The van der Waals surface area contributed by atoms with Crippen molar-refractivity contribution < 1.29 is 9.53 Å². The zero-order chi connectivity index (χ0) is 15.6. The van der Waals surface area contributed by atoms with E-state index in [0.29, 0.717) is 11.3 Å². The first-order chi connectivity index (χ1) is 9.76. The number of hydrogen-bond acceptors (Lipinski definition) is 4. The number of nitrogens with two attached hydrogens (primary N) is 1. The van der Waals surface area contributed by atoms with Crippen molar-refractivity contribution in [2.75, 3.05) is 23.7 Å². The van der Waals surface area contributed by atoms with Crippen LogP contribution in [0.3, 0.4) is 0 Å². The lowest BCUT2D eigenvalue weighted by molar-refractivity contribution is 0.00708. The van der Waals surface area contributed by atoms with E-state index in [1.165, 1.54) is 12.8 Å². The normalized spacial score (nSPS) is 16.9. The van der Waals surface area contributed by atoms with Gasteiger partial charge >= 0.3 is 5.97 Å². The third kappa shape index (κ3) is 4.13. The van der Waals surface area contributed by atoms with Crippen molar-refractivity contribution in [3.63, 3.8) is 0 Å². The number of piperidine rings is 1. The molecule has 1 aromatic carbocycles. The lowest BCUT2D eigenvalue weighted by Gasteiger charge is -2.32. The summed E-state index contributed by atoms with van der Waals surface area (Å²) < 4.78 is 5.37. The van der Waals surface area contributed by atoms with Crippen LogP contribution in [0.1, 0.15) is 50.9 Å². The van der Waals surface area contributed by atoms with E-state index in [-0.39, 0.29) is 5.97 Å². The number of nitrogens with zero attached hydrogens (tertiary/aromatic N) is 1. The van der Waals surface area contributed by atoms with Gasteiger partial charge in [-0.05, 0) is 57.7 Å². The lowest BCUT2D eigenvalue weighted by atomic mass is 9.98. The molecule has 116 valence electrons. The fourth-order valence-electron chi connectivity index (χ4n) is 2.53. The molecule has 0 saturated carbocycles. The monoisotopic (exact) mass is 290 g/mol. The van der Waals surface area contributed by atoms with Crippen LogP contribution in [-0.4, -0.2) is 24.7 Å². The van der Waals surface area contributed by atoms with Gasteiger partial charge in [0, 0.05) is 24.5 Å². The van der Waals surface area contributed by atoms with Crippen LogP contribution in [0.15, 0.2) is 18.2 Å². The molecule has 0 amide bonds. The van der Waals surface area contributed by atoms with Gasteiger partial charge in [-0.25, -0.2) is 4.79 Å². The van der Waals surface area contributed by atoms with Gasteiger partial charge < -0.3 is 15.4 Å². The van der Waals surface area contributed by atoms with Crippen molar-refractivity contribution in [1.82, 2.24) is 0 Å². The molecule has 21 heavy (non-hydrogen) atoms. The van der Waals surface area contributed by atoms with Crippen molar-refractivity contribution in [2.45, 2.75) is 46.1 Å². The Balaban J connectivity index is 2.12. The molecule has 1 fully saturated rings. The number of benzene rings is 1. The Labute approximate surface area is 127 Å². The maximum atomic E-state index is 12.1. The number of hydrogen-bond donors (Lipinski definition) is 1. The largest absolute Gasteiger partial charge is 0.456 e. The molecule has 0 aliphatic carbocycles. The topological polar surface area (TPSA) is 55.6 Å². The summed E-state index contributed by atoms with van der Waals surface area (Å²) >= 11 is 0. The number of carbonyl (C=O) groups is 1. The zero-order valence-electron chi connectivity index (χ0n) is 13.5. The standard InChI is InChI=1S/C17H26N2O2/c1-12-7-9-19(10-8-12)13-5-6-14(15(18)11-13)16(20)21-17(2,3)4/h5-6,11-12H,7-10,18H2,1-4H3. The Morgan fingerprint density at radius 3 is 2.43 bits per heavy atom. The predicted octanol–water partition coefficient (Wildman–Crippen LogP) is 3.46. The van der Waals surface area contributed by atoms with Crippen LogP contribution in [0.2, 0.25) is 0 Å². The first-order valence-corrected chi connectivity index (χ1v) is 7.64. The van der Waals surface area contributed by atoms with Crippen molar-refractivity contribution >= 4 is 17.3 Å². The minimum atomic E-state index is -0.509. The van der Waals surface area contributed by atoms with Crippen LogP contribution in [0.5, 0.6) is 0 Å². The molecule has 0 spiro atoms. The van der Waals surface area contributed by atoms with E-state index in [1.54, 1.807) is 6.07 Å². The van der Waals surface area contributed by atoms with Crippen LogP contribution >= 0.6 is 0 Å². The number of ether oxygens (including phenoxy) is 1. The van der Waals surface area contributed by atoms with Crippen LogP contribution in [-0.2, 0) is 4.74 Å². The van der Waals surface area contributed by atoms with Crippen LogP contribution in [0, 0.1) is 5.92 Å². The maximum Gasteiger partial charge on any atom is 0.340 e. The molecule has 4 nitrogen and oxygen atoms in total. The van der Waals surface area contributed by atoms with Crippen molar-refractivity contribution in [3.05, 3.63) is 23.8 Å². The van der Waals surface area contributed by atoms with Gasteiger partial charge in [0.15, 0.2) is 0 Å². The fraction of sp³-hybridized carbons (Fsp3) is 0.588. The molecule has 2 rings (SSSR count). The highest BCUT2D eigenvalue weighted by atomic mass is 16.6. The highest BCUT2D eigenvalue weighted by Crippen LogP contribution is 2.27. The molecule has 0 atom stereocenters. The van der Waals surface area contributed by atoms with E-state index >= 15 is 0 Å². The Bertz CT molecular complexity index is 512. The molecule has 0 unspecified atom stereocenters. The second-order valence-electron chi connectivity index (χ2n) is 6.94. The Morgan fingerprint density at radius 1 is 1.29 bits per heavy atom. The number of rotatable bonds is 2. The van der Waals surface area contributed by atoms with Crippen molar-refractivity contribution in [2.24, 2.45) is 5.92 Å². The molecule has 0 radical (unpaired) electrons. The van der Waals surface area contributed by atoms with E-state index in [0.717, 1.165) is 24.7 Å². The SMILES string of the molecule is CC1CCN(c2ccc(C(=O)OC(C)(C)C)c(N)c2)CC1. The van der Waals surface area contributed by atoms with Gasteiger partial charge in [-0.3, -0.25) is 0 Å². The summed E-state index contributed by atoms with van der Waals surface area (Å²) in [6, 6.07) is 5.62. The average molecular weight is 290 g/mol. The molecule has 1 aromatic rings. The van der Waals surface area contributed by atoms with Gasteiger partial charge in [0.25, 0.3) is 0 Å². The molecule has 1 aliphatic heterocycles. The van der Waals surface area contributed by atoms with Gasteiger partial charge in [-0.2, -0.15) is 0 Å². The number of carbonyl (C=O) groups excluding carboxylic acids is 1. The minimum Gasteiger partial charge on any atom is -0.456 e. The summed E-state index contributed by atoms with van der Waals surface area (Å²) in [5.74, 6) is 0.429. The Kier molecular flexibility index (Phi) is 4.45. The minimum absolute atomic E-state index is 0.362. The van der Waals surface area contributed by atoms with Crippen LogP contribution in [0.4, 0.5) is 11.4 Å². The highest BCUT2D eigenvalue weighted by molar-refractivity contribution is 5.96. The fourth-order valence-corrected chi connectivity index (χ4v) is 2.53. The van der Waals surface area contributed by atoms with E-state index in [2.05, 4.69) is 11.8 Å². The molecule has 1 saturated heterocycles. The second-order valence-corrected chi connectivity index (χ2v) is 6.94. The van der Waals surface area contributed by atoms with Gasteiger partial charge in [0.05, 0.1) is 5.56 Å². The summed E-state index contributed by atoms with van der Waals surface area (Å²) in [6.07, 6.45) is 2.40. The van der Waals surface area contributed by atoms with E-state index in [4.69, 9.17) is 10.5 Å². The van der Waals surface area contributed by atoms with Gasteiger partial charge in [0.2, 0.25) is 0 Å². The van der Waals surface area contributed by atoms with Crippen molar-refractivity contribution in [1.29, 1.82) is 0 Å². The quantitative estimate of drug-likeness (QED) is 0.669. The predicted molar refractivity (Wildman–Crippen MR) is 86.6 cm³/mol. The Hall–Kier alpha value is -1.71. The van der Waals surface area contributed by atoms with E-state index in [1.807, 2.05) is 32.9 Å². The van der Waals surface area contributed by atoms with Gasteiger partial charge in [0.1, 0.15) is 5.60 Å². The molecule has 0 aromatic heterocycles. The van der Waals surface area contributed by atoms with Crippen LogP contribution in [0.25, 0.3) is 0 Å². The van der Waals surface area contributed by atoms with Crippen LogP contribution < -0.4 is 10.6 Å². The lowest BCUT2D eigenvalue weighted by Crippen LogP contribution is -2.32. The maximum absolute atomic E-state index is 12.1. The molecule has 4 heteroatoms. The molecule has 1 aliphatic rings. The van der Waals surface area contributed by atoms with Gasteiger partial charge in [-0.1, -0.05) is 6.92 Å². The summed E-state index contributed by atoms with van der Waals surface area (Å²) in [5, 5.41) is 0. The third-order valence-electron chi connectivity index (χ3n) is 3.80. The summed E-state index contributed by atoms with van der Waals surface area (Å²) in [7, 11) is 0. The highest BCUT2D eigenvalue weighted by Gasteiger charge is 2.21. The molecule has 2 N–H and O–H groups in total. The summed E-state index contributed by atoms with van der Waals surface area (Å²) in [5.41, 5.74) is 7.56. The molecular weight excluding hydrogens is 264 g/mol. The molecule has 0 bridgehead atoms. The van der Waals surface area contributed by atoms with E-state index < -0.39 is 5.60 Å². The van der Waals surface area contributed by atoms with E-state index in [9.17, 15) is 4.79 Å². The Morgan fingerprint density at radius 2 is 1.90 bits per heavy atom. The first-order valence-electron chi connectivity index (χ1n) is 7.64. The molecular formula is C17H26N2O2. The average Bonchev–Trinajstić information content (AvgIpc) is 2.37. The number of esters is 1. The van der Waals surface area contributed by atoms with Crippen molar-refractivity contribution in [3.8, 4) is 0 Å². The summed E-state index contributed by atoms with van der Waals surface area (Å²) in [4.78, 5) is 14.4. The third-order valence-corrected chi connectivity index (χ3v) is 3.80. The smallest absolute Gasteiger partial charge is 0.340 e. The zero-order valence-corrected chi connectivity index (χ0v) is 13.5. The molecule has 1 heterocycles. The second kappa shape index (κ2) is 5.96. The number of anilines is 2. The number of nitrogen functional groups attached to an aromatic ring is 1. The summed E-state index contributed by atoms with van der Waals surface area (Å²) in [6.45, 7) is 9.94. The van der Waals surface area contributed by atoms with Gasteiger partial charge in [-0.15, -0.1) is 0 Å². The first kappa shape index (κ1) is 15.7.